The van der Waals surface area contributed by atoms with Gasteiger partial charge >= 0.3 is 13.7 Å². The van der Waals surface area contributed by atoms with Crippen molar-refractivity contribution in [2.45, 2.75) is 111 Å². The van der Waals surface area contributed by atoms with Gasteiger partial charge in [-0.05, 0) is 46.0 Å². The van der Waals surface area contributed by atoms with Crippen LogP contribution in [-0.2, 0) is 23.1 Å². The normalized spacial score (nSPS) is 13.0. The van der Waals surface area contributed by atoms with E-state index in [2.05, 4.69) is 39.7 Å². The maximum atomic E-state index is 12.5. The van der Waals surface area contributed by atoms with Crippen LogP contribution in [0.1, 0.15) is 111 Å². The summed E-state index contributed by atoms with van der Waals surface area (Å²) in [5.41, 5.74) is 0.631. The molecule has 0 spiro atoms. The predicted molar refractivity (Wildman–Crippen MR) is 174 cm³/mol. The van der Waals surface area contributed by atoms with Crippen molar-refractivity contribution >= 4 is 31.0 Å². The number of allylic oxidation sites excluding steroid dienone is 2. The Balaban J connectivity index is 1.53. The molecular formula is C31H56N5O6P. The molecule has 0 unspecified atom stereocenters. The first-order chi connectivity index (χ1) is 21.0. The van der Waals surface area contributed by atoms with Gasteiger partial charge < -0.3 is 28.7 Å². The first-order valence-electron chi connectivity index (χ1n) is 16.4. The lowest BCUT2D eigenvalue weighted by atomic mass is 10.1. The molecule has 1 amide bonds. The number of rotatable bonds is 26. The van der Waals surface area contributed by atoms with E-state index in [0.29, 0.717) is 43.8 Å². The third-order valence-electron chi connectivity index (χ3n) is 7.09. The summed E-state index contributed by atoms with van der Waals surface area (Å²) in [6.45, 7) is 8.02. The van der Waals surface area contributed by atoms with Crippen molar-refractivity contribution in [2.75, 3.05) is 61.5 Å². The topological polar surface area (TPSA) is 124 Å². The van der Waals surface area contributed by atoms with E-state index in [-0.39, 0.29) is 19.6 Å². The first kappa shape index (κ1) is 37.0. The molecule has 0 radical (unpaired) electrons. The van der Waals surface area contributed by atoms with Crippen LogP contribution in [0, 0.1) is 0 Å². The summed E-state index contributed by atoms with van der Waals surface area (Å²) in [5, 5.41) is 5.94. The Morgan fingerprint density at radius 2 is 1.53 bits per heavy atom. The molecule has 1 aliphatic rings. The highest BCUT2D eigenvalue weighted by Gasteiger charge is 2.26. The molecule has 0 saturated heterocycles. The molecule has 12 heteroatoms. The molecule has 11 nitrogen and oxygen atoms in total. The van der Waals surface area contributed by atoms with E-state index in [9.17, 15) is 9.36 Å². The zero-order valence-electron chi connectivity index (χ0n) is 26.8. The van der Waals surface area contributed by atoms with Gasteiger partial charge in [-0.1, -0.05) is 76.9 Å². The molecular weight excluding hydrogens is 569 g/mol. The number of carbonyl (C=O) groups excluding carboxylic acids is 1. The smallest absolute Gasteiger partial charge is 0.412 e. The number of anilines is 3. The van der Waals surface area contributed by atoms with Crippen LogP contribution in [0.5, 0.6) is 0 Å². The molecule has 43 heavy (non-hydrogen) atoms. The Bertz CT molecular complexity index is 957. The molecule has 0 aromatic carbocycles. The van der Waals surface area contributed by atoms with Gasteiger partial charge in [0.2, 0.25) is 0 Å². The van der Waals surface area contributed by atoms with Crippen LogP contribution >= 0.6 is 7.60 Å². The van der Waals surface area contributed by atoms with E-state index in [1.165, 1.54) is 77.0 Å². The number of aromatic nitrogens is 2. The van der Waals surface area contributed by atoms with Crippen molar-refractivity contribution in [1.82, 2.24) is 9.97 Å². The number of unbranched alkanes of at least 4 members (excludes halogenated alkanes) is 12. The van der Waals surface area contributed by atoms with E-state index in [4.69, 9.17) is 18.5 Å². The van der Waals surface area contributed by atoms with Crippen LogP contribution in [0.3, 0.4) is 0 Å². The van der Waals surface area contributed by atoms with E-state index in [1.54, 1.807) is 13.8 Å². The van der Waals surface area contributed by atoms with Gasteiger partial charge in [-0.25, -0.2) is 14.8 Å². The van der Waals surface area contributed by atoms with Gasteiger partial charge in [-0.3, -0.25) is 9.88 Å². The molecule has 1 aliphatic heterocycles. The number of hydrogen-bond acceptors (Lipinski definition) is 10. The number of fused-ring (bicyclic) bond motifs is 1. The summed E-state index contributed by atoms with van der Waals surface area (Å²) in [5.74, 6) is 1.02. The average Bonchev–Trinajstić information content (AvgIpc) is 3.41. The molecule has 2 rings (SSSR count). The fraction of sp³-hybridized carbons (Fsp3) is 0.774. The molecule has 0 atom stereocenters. The highest BCUT2D eigenvalue weighted by molar-refractivity contribution is 7.53. The van der Waals surface area contributed by atoms with Gasteiger partial charge in [-0.2, -0.15) is 0 Å². The summed E-state index contributed by atoms with van der Waals surface area (Å²) in [6.07, 6.45) is 22.8. The van der Waals surface area contributed by atoms with Gasteiger partial charge in [-0.15, -0.1) is 0 Å². The van der Waals surface area contributed by atoms with Crippen LogP contribution in [0.15, 0.2) is 18.5 Å². The van der Waals surface area contributed by atoms with Gasteiger partial charge in [0.25, 0.3) is 0 Å². The number of ether oxygens (including phenoxy) is 2. The van der Waals surface area contributed by atoms with E-state index >= 15 is 0 Å². The van der Waals surface area contributed by atoms with Crippen molar-refractivity contribution < 1.29 is 27.9 Å². The van der Waals surface area contributed by atoms with Crippen LogP contribution in [0.2, 0.25) is 0 Å². The number of nitrogens with zero attached hydrogens (tertiary/aromatic N) is 3. The minimum absolute atomic E-state index is 0.109. The molecule has 2 heterocycles. The minimum Gasteiger partial charge on any atom is -0.449 e. The van der Waals surface area contributed by atoms with Crippen molar-refractivity contribution in [3.05, 3.63) is 18.5 Å². The van der Waals surface area contributed by atoms with E-state index in [0.717, 1.165) is 19.3 Å². The molecule has 1 aromatic heterocycles. The molecule has 0 fully saturated rings. The van der Waals surface area contributed by atoms with Crippen LogP contribution in [-0.4, -0.2) is 62.1 Å². The fourth-order valence-corrected chi connectivity index (χ4v) is 6.17. The second kappa shape index (κ2) is 23.2. The predicted octanol–water partition coefficient (Wildman–Crippen LogP) is 8.49. The Morgan fingerprint density at radius 1 is 0.907 bits per heavy atom. The monoisotopic (exact) mass is 625 g/mol. The third-order valence-corrected chi connectivity index (χ3v) is 8.89. The summed E-state index contributed by atoms with van der Waals surface area (Å²) in [4.78, 5) is 22.9. The molecule has 2 N–H and O–H groups in total. The second-order valence-corrected chi connectivity index (χ2v) is 12.7. The molecule has 0 aliphatic carbocycles. The SMILES string of the molecule is CCCCCCCCC=CCCCCCCCCOC(=O)Nc1ncnc2c1NCN2CCOCP(=O)(OCC)OCC. The molecule has 0 saturated carbocycles. The minimum atomic E-state index is -3.25. The van der Waals surface area contributed by atoms with Crippen LogP contribution in [0.25, 0.3) is 0 Å². The largest absolute Gasteiger partial charge is 0.449 e. The number of carbonyl (C=O) groups is 1. The van der Waals surface area contributed by atoms with Crippen molar-refractivity contribution in [1.29, 1.82) is 0 Å². The highest BCUT2D eigenvalue weighted by atomic mass is 31.2. The zero-order valence-corrected chi connectivity index (χ0v) is 27.7. The Labute approximate surface area is 259 Å². The fourth-order valence-electron chi connectivity index (χ4n) is 4.81. The maximum Gasteiger partial charge on any atom is 0.412 e. The van der Waals surface area contributed by atoms with Gasteiger partial charge in [0.15, 0.2) is 11.6 Å². The van der Waals surface area contributed by atoms with Crippen molar-refractivity contribution in [3.8, 4) is 0 Å². The standard InChI is InChI=1S/C31H56N5O6P/c1-4-7-8-9-10-11-12-13-14-15-16-17-18-19-20-21-23-40-31(37)35-29-28-30(33-25-32-29)36(26-34-28)22-24-39-27-43(38,41-5-2)42-6-3/h13-14,25,34H,4-12,15-24,26-27H2,1-3H3,(H,32,33,35,37). The lowest BCUT2D eigenvalue weighted by Crippen LogP contribution is -2.27. The van der Waals surface area contributed by atoms with E-state index < -0.39 is 13.7 Å². The average molecular weight is 626 g/mol. The maximum absolute atomic E-state index is 12.5. The Hall–Kier alpha value is -2.20. The van der Waals surface area contributed by atoms with Crippen LogP contribution in [0.4, 0.5) is 22.1 Å². The molecule has 246 valence electrons. The van der Waals surface area contributed by atoms with Crippen molar-refractivity contribution in [2.24, 2.45) is 0 Å². The Kier molecular flexibility index (Phi) is 20.0. The lowest BCUT2D eigenvalue weighted by Gasteiger charge is -2.19. The lowest BCUT2D eigenvalue weighted by molar-refractivity contribution is 0.136. The number of amides is 1. The third kappa shape index (κ3) is 15.9. The first-order valence-corrected chi connectivity index (χ1v) is 18.1. The van der Waals surface area contributed by atoms with Gasteiger partial charge in [0, 0.05) is 6.54 Å². The summed E-state index contributed by atoms with van der Waals surface area (Å²) in [6, 6.07) is 0. The summed E-state index contributed by atoms with van der Waals surface area (Å²) >= 11 is 0. The summed E-state index contributed by atoms with van der Waals surface area (Å²) < 4.78 is 34.0. The second-order valence-electron chi connectivity index (χ2n) is 10.7. The van der Waals surface area contributed by atoms with E-state index in [1.807, 2.05) is 4.90 Å². The number of hydrogen-bond donors (Lipinski definition) is 2. The number of nitrogens with one attached hydrogen (secondary N) is 2. The van der Waals surface area contributed by atoms with Crippen molar-refractivity contribution in [3.63, 3.8) is 0 Å². The highest BCUT2D eigenvalue weighted by Crippen LogP contribution is 2.47. The quantitative estimate of drug-likeness (QED) is 0.0588. The molecule has 0 bridgehead atoms. The Morgan fingerprint density at radius 3 is 2.19 bits per heavy atom. The zero-order chi connectivity index (χ0) is 31.0. The van der Waals surface area contributed by atoms with Crippen LogP contribution < -0.4 is 15.5 Å². The molecule has 1 aromatic rings. The summed E-state index contributed by atoms with van der Waals surface area (Å²) in [7, 11) is -3.25. The van der Waals surface area contributed by atoms with Gasteiger partial charge in [0.05, 0.1) is 33.1 Å². The van der Waals surface area contributed by atoms with Gasteiger partial charge in [0.1, 0.15) is 18.4 Å².